The fourth-order valence-corrected chi connectivity index (χ4v) is 4.94. The van der Waals surface area contributed by atoms with Gasteiger partial charge in [0.25, 0.3) is 5.91 Å². The second-order valence-electron chi connectivity index (χ2n) is 8.84. The number of hydrogen-bond acceptors (Lipinski definition) is 5. The molecule has 0 saturated carbocycles. The van der Waals surface area contributed by atoms with Crippen molar-refractivity contribution in [2.24, 2.45) is 0 Å². The van der Waals surface area contributed by atoms with Gasteiger partial charge in [0.15, 0.2) is 5.65 Å². The van der Waals surface area contributed by atoms with Gasteiger partial charge in [-0.25, -0.2) is 13.9 Å². The highest BCUT2D eigenvalue weighted by Crippen LogP contribution is 2.34. The van der Waals surface area contributed by atoms with Gasteiger partial charge in [-0.2, -0.15) is 13.9 Å². The third-order valence-corrected chi connectivity index (χ3v) is 6.52. The van der Waals surface area contributed by atoms with Crippen LogP contribution in [0.15, 0.2) is 30.5 Å². The first-order valence-corrected chi connectivity index (χ1v) is 11.6. The van der Waals surface area contributed by atoms with Crippen molar-refractivity contribution in [3.8, 4) is 5.75 Å². The Kier molecular flexibility index (Phi) is 6.05. The molecule has 10 heteroatoms. The van der Waals surface area contributed by atoms with Crippen molar-refractivity contribution < 1.29 is 22.7 Å². The number of nitrogens with zero attached hydrogens (tertiary/aromatic N) is 5. The highest BCUT2D eigenvalue weighted by atomic mass is 19.3. The van der Waals surface area contributed by atoms with Crippen LogP contribution in [0.5, 0.6) is 5.75 Å². The van der Waals surface area contributed by atoms with E-state index in [-0.39, 0.29) is 17.4 Å². The maximum Gasteiger partial charge on any atom is 0.387 e. The number of likely N-dealkylation sites (tertiary alicyclic amines) is 1. The largest absolute Gasteiger partial charge is 0.434 e. The summed E-state index contributed by atoms with van der Waals surface area (Å²) in [5, 5.41) is 4.70. The summed E-state index contributed by atoms with van der Waals surface area (Å²) in [5.74, 6) is -0.644. The lowest BCUT2D eigenvalue weighted by molar-refractivity contribution is -0.0504. The zero-order chi connectivity index (χ0) is 23.8. The number of carbonyl (C=O) groups excluding carboxylic acids is 1. The van der Waals surface area contributed by atoms with Crippen molar-refractivity contribution in [3.05, 3.63) is 53.1 Å². The van der Waals surface area contributed by atoms with Crippen LogP contribution in [0.2, 0.25) is 0 Å². The highest BCUT2D eigenvalue weighted by molar-refractivity contribution is 5.97. The van der Waals surface area contributed by atoms with Crippen LogP contribution in [-0.2, 0) is 0 Å². The first-order valence-electron chi connectivity index (χ1n) is 11.6. The third kappa shape index (κ3) is 4.28. The number of anilines is 1. The Morgan fingerprint density at radius 2 is 1.88 bits per heavy atom. The van der Waals surface area contributed by atoms with Crippen molar-refractivity contribution >= 4 is 17.4 Å². The second kappa shape index (κ2) is 9.15. The maximum absolute atomic E-state index is 13.9. The molecule has 0 aliphatic carbocycles. The van der Waals surface area contributed by atoms with E-state index in [1.807, 2.05) is 19.2 Å². The third-order valence-electron chi connectivity index (χ3n) is 6.52. The minimum atomic E-state index is -3.12. The second-order valence-corrected chi connectivity index (χ2v) is 8.84. The van der Waals surface area contributed by atoms with E-state index in [4.69, 9.17) is 10.1 Å². The fourth-order valence-electron chi connectivity index (χ4n) is 4.94. The van der Waals surface area contributed by atoms with Crippen molar-refractivity contribution in [1.29, 1.82) is 0 Å². The standard InChI is InChI=1S/C24H26F3N5O2/c1-15-14-32-21(28-22(15)30-9-4-5-10-30)13-18(29-32)19-6-2-3-11-31(19)23(33)17-12-16(25)7-8-20(17)34-24(26)27/h7-8,12-14,19,24H,2-6,9-11H2,1H3. The van der Waals surface area contributed by atoms with E-state index in [0.29, 0.717) is 24.3 Å². The number of rotatable bonds is 5. The number of halogens is 3. The van der Waals surface area contributed by atoms with E-state index >= 15 is 0 Å². The summed E-state index contributed by atoms with van der Waals surface area (Å²) < 4.78 is 45.9. The number of benzene rings is 1. The van der Waals surface area contributed by atoms with Crippen molar-refractivity contribution in [2.45, 2.75) is 51.7 Å². The first-order chi connectivity index (χ1) is 16.4. The lowest BCUT2D eigenvalue weighted by atomic mass is 9.98. The van der Waals surface area contributed by atoms with Gasteiger partial charge in [-0.15, -0.1) is 0 Å². The summed E-state index contributed by atoms with van der Waals surface area (Å²) in [6, 6.07) is 4.50. The lowest BCUT2D eigenvalue weighted by Gasteiger charge is -2.35. The molecule has 3 aromatic rings. The van der Waals surface area contributed by atoms with Gasteiger partial charge in [-0.05, 0) is 57.2 Å². The van der Waals surface area contributed by atoms with Crippen LogP contribution in [0, 0.1) is 12.7 Å². The number of ether oxygens (including phenoxy) is 1. The monoisotopic (exact) mass is 473 g/mol. The van der Waals surface area contributed by atoms with Crippen LogP contribution in [0.4, 0.5) is 19.0 Å². The van der Waals surface area contributed by atoms with Gasteiger partial charge in [0, 0.05) is 37.5 Å². The van der Waals surface area contributed by atoms with Gasteiger partial charge >= 0.3 is 6.61 Å². The molecule has 7 nitrogen and oxygen atoms in total. The molecule has 0 N–H and O–H groups in total. The van der Waals surface area contributed by atoms with Crippen LogP contribution < -0.4 is 9.64 Å². The Balaban J connectivity index is 1.48. The SMILES string of the molecule is Cc1cn2nc(C3CCCCN3C(=O)c3cc(F)ccc3OC(F)F)cc2nc1N1CCCC1. The van der Waals surface area contributed by atoms with Gasteiger partial charge in [0.05, 0.1) is 17.3 Å². The number of amides is 1. The normalized spacial score (nSPS) is 18.8. The quantitative estimate of drug-likeness (QED) is 0.536. The zero-order valence-corrected chi connectivity index (χ0v) is 18.9. The smallest absolute Gasteiger partial charge is 0.387 e. The van der Waals surface area contributed by atoms with E-state index in [1.54, 1.807) is 9.42 Å². The van der Waals surface area contributed by atoms with Crippen molar-refractivity contribution in [2.75, 3.05) is 24.5 Å². The molecule has 2 aliphatic heterocycles. The summed E-state index contributed by atoms with van der Waals surface area (Å²) in [7, 11) is 0. The molecule has 0 radical (unpaired) electrons. The van der Waals surface area contributed by atoms with E-state index < -0.39 is 18.3 Å². The van der Waals surface area contributed by atoms with Crippen molar-refractivity contribution in [1.82, 2.24) is 19.5 Å². The molecule has 1 amide bonds. The molecule has 0 bridgehead atoms. The summed E-state index contributed by atoms with van der Waals surface area (Å²) in [6.07, 6.45) is 6.54. The average molecular weight is 473 g/mol. The predicted octanol–water partition coefficient (Wildman–Crippen LogP) is 4.75. The molecule has 0 spiro atoms. The van der Waals surface area contributed by atoms with Crippen molar-refractivity contribution in [3.63, 3.8) is 0 Å². The van der Waals surface area contributed by atoms with Gasteiger partial charge in [0.1, 0.15) is 17.4 Å². The van der Waals surface area contributed by atoms with Gasteiger partial charge < -0.3 is 14.5 Å². The average Bonchev–Trinajstić information content (AvgIpc) is 3.49. The van der Waals surface area contributed by atoms with Crippen LogP contribution in [0.3, 0.4) is 0 Å². The van der Waals surface area contributed by atoms with Gasteiger partial charge in [0.2, 0.25) is 0 Å². The molecule has 1 unspecified atom stereocenters. The molecule has 2 aliphatic rings. The molecular formula is C24H26F3N5O2. The highest BCUT2D eigenvalue weighted by Gasteiger charge is 2.33. The number of aryl methyl sites for hydroxylation is 1. The van der Waals surface area contributed by atoms with E-state index in [2.05, 4.69) is 9.64 Å². The Hall–Kier alpha value is -3.30. The van der Waals surface area contributed by atoms with Crippen LogP contribution in [0.1, 0.15) is 59.8 Å². The predicted molar refractivity (Wildman–Crippen MR) is 120 cm³/mol. The molecule has 4 heterocycles. The number of piperidine rings is 1. The molecular weight excluding hydrogens is 447 g/mol. The summed E-state index contributed by atoms with van der Waals surface area (Å²) in [5.41, 5.74) is 2.16. The summed E-state index contributed by atoms with van der Waals surface area (Å²) >= 11 is 0. The summed E-state index contributed by atoms with van der Waals surface area (Å²) in [6.45, 7) is 1.26. The number of hydrogen-bond donors (Lipinski definition) is 0. The van der Waals surface area contributed by atoms with E-state index in [9.17, 15) is 18.0 Å². The maximum atomic E-state index is 13.9. The Bertz CT molecular complexity index is 1210. The Morgan fingerprint density at radius 1 is 1.12 bits per heavy atom. The lowest BCUT2D eigenvalue weighted by Crippen LogP contribution is -2.39. The van der Waals surface area contributed by atoms with Gasteiger partial charge in [-0.3, -0.25) is 4.79 Å². The number of fused-ring (bicyclic) bond motifs is 1. The number of aromatic nitrogens is 3. The van der Waals surface area contributed by atoms with Crippen LogP contribution in [-0.4, -0.2) is 51.7 Å². The van der Waals surface area contributed by atoms with Crippen LogP contribution >= 0.6 is 0 Å². The molecule has 2 fully saturated rings. The molecule has 5 rings (SSSR count). The first kappa shape index (κ1) is 22.5. The minimum absolute atomic E-state index is 0.221. The fraction of sp³-hybridized carbons (Fsp3) is 0.458. The van der Waals surface area contributed by atoms with E-state index in [1.165, 1.54) is 0 Å². The topological polar surface area (TPSA) is 63.0 Å². The molecule has 1 atom stereocenters. The Labute approximate surface area is 195 Å². The van der Waals surface area contributed by atoms with Crippen LogP contribution in [0.25, 0.3) is 5.65 Å². The molecule has 180 valence electrons. The summed E-state index contributed by atoms with van der Waals surface area (Å²) in [4.78, 5) is 22.1. The van der Waals surface area contributed by atoms with E-state index in [0.717, 1.165) is 68.4 Å². The number of alkyl halides is 2. The zero-order valence-electron chi connectivity index (χ0n) is 18.9. The Morgan fingerprint density at radius 3 is 2.65 bits per heavy atom. The van der Waals surface area contributed by atoms with Gasteiger partial charge in [-0.1, -0.05) is 0 Å². The molecule has 34 heavy (non-hydrogen) atoms. The number of carbonyl (C=O) groups is 1. The molecule has 2 aromatic heterocycles. The molecule has 1 aromatic carbocycles. The minimum Gasteiger partial charge on any atom is -0.434 e. The molecule has 2 saturated heterocycles.